The largest absolute Gasteiger partial charge is 0.481 e. The molecular weight excluding hydrogens is 271 g/mol. The Balaban J connectivity index is 2.73. The molecule has 0 aliphatic carbocycles. The highest BCUT2D eigenvalue weighted by Gasteiger charge is 2.30. The third kappa shape index (κ3) is 4.85. The summed E-state index contributed by atoms with van der Waals surface area (Å²) in [5, 5.41) is 8.77. The second-order valence-corrected chi connectivity index (χ2v) is 4.70. The Hall–Kier alpha value is -1.56. The molecule has 0 amide bonds. The number of nitrogens with zero attached hydrogens (tertiary/aromatic N) is 1. The minimum absolute atomic E-state index is 0.00841. The van der Waals surface area contributed by atoms with E-state index in [1.54, 1.807) is 6.92 Å². The molecule has 1 rings (SSSR count). The van der Waals surface area contributed by atoms with Crippen LogP contribution in [-0.2, 0) is 17.5 Å². The highest BCUT2D eigenvalue weighted by atomic mass is 19.4. The first kappa shape index (κ1) is 16.5. The molecule has 1 aromatic carbocycles. The number of carboxylic acid groups (broad SMARTS) is 1. The number of halogens is 3. The molecule has 1 aromatic rings. The van der Waals surface area contributed by atoms with Gasteiger partial charge in [0, 0.05) is 12.6 Å². The van der Waals surface area contributed by atoms with Gasteiger partial charge in [-0.2, -0.15) is 13.2 Å². The lowest BCUT2D eigenvalue weighted by atomic mass is 10.1. The molecule has 1 N–H and O–H groups in total. The molecule has 6 heteroatoms. The maximum absolute atomic E-state index is 12.4. The average molecular weight is 289 g/mol. The van der Waals surface area contributed by atoms with Gasteiger partial charge in [-0.05, 0) is 31.2 Å². The predicted octanol–water partition coefficient (Wildman–Crippen LogP) is 3.39. The maximum Gasteiger partial charge on any atom is 0.416 e. The van der Waals surface area contributed by atoms with Crippen LogP contribution in [0.4, 0.5) is 13.2 Å². The predicted molar refractivity (Wildman–Crippen MR) is 69.2 cm³/mol. The van der Waals surface area contributed by atoms with Gasteiger partial charge in [0.05, 0.1) is 12.0 Å². The number of rotatable bonds is 6. The minimum Gasteiger partial charge on any atom is -0.481 e. The zero-order valence-corrected chi connectivity index (χ0v) is 11.4. The first-order valence-corrected chi connectivity index (χ1v) is 6.36. The maximum atomic E-state index is 12.4. The second kappa shape index (κ2) is 6.74. The molecule has 0 aliphatic rings. The molecule has 0 heterocycles. The molecule has 0 bridgehead atoms. The summed E-state index contributed by atoms with van der Waals surface area (Å²) in [5.74, 6) is -0.886. The van der Waals surface area contributed by atoms with E-state index in [2.05, 4.69) is 0 Å². The van der Waals surface area contributed by atoms with E-state index in [0.29, 0.717) is 13.1 Å². The Kier molecular flexibility index (Phi) is 5.56. The number of alkyl halides is 3. The molecule has 1 unspecified atom stereocenters. The van der Waals surface area contributed by atoms with Crippen LogP contribution in [0.1, 0.15) is 31.4 Å². The van der Waals surface area contributed by atoms with Crippen molar-refractivity contribution in [3.8, 4) is 0 Å². The zero-order valence-electron chi connectivity index (χ0n) is 11.4. The summed E-state index contributed by atoms with van der Waals surface area (Å²) in [6, 6.07) is 4.79. The Morgan fingerprint density at radius 2 is 1.85 bits per heavy atom. The summed E-state index contributed by atoms with van der Waals surface area (Å²) in [7, 11) is 0. The molecule has 20 heavy (non-hydrogen) atoms. The fourth-order valence-corrected chi connectivity index (χ4v) is 1.99. The molecule has 0 saturated carbocycles. The van der Waals surface area contributed by atoms with Crippen LogP contribution >= 0.6 is 0 Å². The highest BCUT2D eigenvalue weighted by Crippen LogP contribution is 2.29. The van der Waals surface area contributed by atoms with Gasteiger partial charge in [0.2, 0.25) is 0 Å². The average Bonchev–Trinajstić information content (AvgIpc) is 2.34. The van der Waals surface area contributed by atoms with Crippen LogP contribution < -0.4 is 0 Å². The van der Waals surface area contributed by atoms with E-state index in [1.165, 1.54) is 12.1 Å². The third-order valence-corrected chi connectivity index (χ3v) is 3.17. The van der Waals surface area contributed by atoms with Crippen molar-refractivity contribution in [3.05, 3.63) is 35.4 Å². The van der Waals surface area contributed by atoms with Crippen molar-refractivity contribution in [2.24, 2.45) is 0 Å². The van der Waals surface area contributed by atoms with Crippen molar-refractivity contribution in [1.29, 1.82) is 0 Å². The lowest BCUT2D eigenvalue weighted by molar-refractivity contribution is -0.139. The molecule has 0 radical (unpaired) electrons. The van der Waals surface area contributed by atoms with E-state index < -0.39 is 17.7 Å². The van der Waals surface area contributed by atoms with Gasteiger partial charge in [-0.15, -0.1) is 0 Å². The Labute approximate surface area is 116 Å². The van der Waals surface area contributed by atoms with E-state index >= 15 is 0 Å². The molecule has 0 aliphatic heterocycles. The number of carboxylic acids is 1. The van der Waals surface area contributed by atoms with Gasteiger partial charge in [-0.1, -0.05) is 19.1 Å². The molecule has 0 saturated heterocycles. The van der Waals surface area contributed by atoms with Crippen LogP contribution in [0.25, 0.3) is 0 Å². The van der Waals surface area contributed by atoms with Gasteiger partial charge in [0.25, 0.3) is 0 Å². The summed E-state index contributed by atoms with van der Waals surface area (Å²) in [6.45, 7) is 4.75. The molecule has 0 aromatic heterocycles. The normalized spacial score (nSPS) is 13.5. The van der Waals surface area contributed by atoms with Crippen LogP contribution in [0.5, 0.6) is 0 Å². The Morgan fingerprint density at radius 3 is 2.25 bits per heavy atom. The van der Waals surface area contributed by atoms with Gasteiger partial charge in [-0.25, -0.2) is 0 Å². The van der Waals surface area contributed by atoms with Gasteiger partial charge in [0.15, 0.2) is 0 Å². The van der Waals surface area contributed by atoms with Crippen molar-refractivity contribution in [2.75, 3.05) is 6.54 Å². The fourth-order valence-electron chi connectivity index (χ4n) is 1.99. The number of benzene rings is 1. The first-order chi connectivity index (χ1) is 9.24. The zero-order chi connectivity index (χ0) is 15.3. The summed E-state index contributed by atoms with van der Waals surface area (Å²) in [4.78, 5) is 12.6. The summed E-state index contributed by atoms with van der Waals surface area (Å²) in [5.41, 5.74) is 0.0555. The third-order valence-electron chi connectivity index (χ3n) is 3.17. The number of carbonyl (C=O) groups is 1. The molecule has 0 fully saturated rings. The number of hydrogen-bond acceptors (Lipinski definition) is 2. The quantitative estimate of drug-likeness (QED) is 0.872. The van der Waals surface area contributed by atoms with Crippen LogP contribution in [0.3, 0.4) is 0 Å². The van der Waals surface area contributed by atoms with Crippen molar-refractivity contribution >= 4 is 5.97 Å². The van der Waals surface area contributed by atoms with Crippen molar-refractivity contribution < 1.29 is 23.1 Å². The topological polar surface area (TPSA) is 40.5 Å². The summed E-state index contributed by atoms with van der Waals surface area (Å²) >= 11 is 0. The van der Waals surface area contributed by atoms with Gasteiger partial charge in [-0.3, -0.25) is 9.69 Å². The lowest BCUT2D eigenvalue weighted by Gasteiger charge is -2.26. The number of aliphatic carboxylic acids is 1. The standard InChI is InChI=1S/C14H18F3NO2/c1-3-18(10(2)8-13(19)20)9-11-4-6-12(7-5-11)14(15,16)17/h4-7,10H,3,8-9H2,1-2H3,(H,19,20). The smallest absolute Gasteiger partial charge is 0.416 e. The van der Waals surface area contributed by atoms with E-state index in [4.69, 9.17) is 5.11 Å². The van der Waals surface area contributed by atoms with Gasteiger partial charge in [0.1, 0.15) is 0 Å². The van der Waals surface area contributed by atoms with Crippen molar-refractivity contribution in [2.45, 2.75) is 39.0 Å². The molecule has 3 nitrogen and oxygen atoms in total. The highest BCUT2D eigenvalue weighted by molar-refractivity contribution is 5.67. The fraction of sp³-hybridized carbons (Fsp3) is 0.500. The Morgan fingerprint density at radius 1 is 1.30 bits per heavy atom. The molecule has 0 spiro atoms. The van der Waals surface area contributed by atoms with Crippen LogP contribution in [0.2, 0.25) is 0 Å². The van der Waals surface area contributed by atoms with E-state index in [-0.39, 0.29) is 12.5 Å². The summed E-state index contributed by atoms with van der Waals surface area (Å²) < 4.78 is 37.3. The van der Waals surface area contributed by atoms with Crippen molar-refractivity contribution in [1.82, 2.24) is 4.90 Å². The lowest BCUT2D eigenvalue weighted by Crippen LogP contribution is -2.34. The minimum atomic E-state index is -4.33. The molecule has 112 valence electrons. The van der Waals surface area contributed by atoms with Crippen LogP contribution in [-0.4, -0.2) is 28.6 Å². The Bertz CT molecular complexity index is 443. The van der Waals surface area contributed by atoms with Crippen LogP contribution in [0, 0.1) is 0 Å². The second-order valence-electron chi connectivity index (χ2n) is 4.70. The molecule has 1 atom stereocenters. The van der Waals surface area contributed by atoms with E-state index in [0.717, 1.165) is 17.7 Å². The monoisotopic (exact) mass is 289 g/mol. The van der Waals surface area contributed by atoms with Gasteiger partial charge >= 0.3 is 12.1 Å². The summed E-state index contributed by atoms with van der Waals surface area (Å²) in [6.07, 6.45) is -4.33. The van der Waals surface area contributed by atoms with Crippen LogP contribution in [0.15, 0.2) is 24.3 Å². The van der Waals surface area contributed by atoms with E-state index in [9.17, 15) is 18.0 Å². The van der Waals surface area contributed by atoms with Crippen molar-refractivity contribution in [3.63, 3.8) is 0 Å². The van der Waals surface area contributed by atoms with Gasteiger partial charge < -0.3 is 5.11 Å². The molecular formula is C14H18F3NO2. The SMILES string of the molecule is CCN(Cc1ccc(C(F)(F)F)cc1)C(C)CC(=O)O. The van der Waals surface area contributed by atoms with E-state index in [1.807, 2.05) is 11.8 Å². The first-order valence-electron chi connectivity index (χ1n) is 6.36. The number of hydrogen-bond donors (Lipinski definition) is 1.